The third kappa shape index (κ3) is 5.35. The number of hydrogen-bond donors (Lipinski definition) is 0. The lowest BCUT2D eigenvalue weighted by molar-refractivity contribution is 0.321. The van der Waals surface area contributed by atoms with Gasteiger partial charge in [-0.25, -0.2) is 9.67 Å². The van der Waals surface area contributed by atoms with Crippen LogP contribution in [0.4, 0.5) is 0 Å². The van der Waals surface area contributed by atoms with Gasteiger partial charge in [0.05, 0.1) is 12.3 Å². The molecule has 2 aromatic carbocycles. The molecule has 0 aliphatic rings. The lowest BCUT2D eigenvalue weighted by atomic mass is 10.00. The number of nitrogens with zero attached hydrogens (tertiary/aromatic N) is 3. The molecule has 0 atom stereocenters. The maximum atomic E-state index is 6.24. The molecular formula is C25H26ClN3OS. The predicted octanol–water partition coefficient (Wildman–Crippen LogP) is 6.78. The van der Waals surface area contributed by atoms with Gasteiger partial charge in [-0.2, -0.15) is 5.10 Å². The largest absolute Gasteiger partial charge is 0.493 e. The van der Waals surface area contributed by atoms with Gasteiger partial charge in [-0.3, -0.25) is 0 Å². The van der Waals surface area contributed by atoms with Crippen LogP contribution < -0.4 is 4.74 Å². The summed E-state index contributed by atoms with van der Waals surface area (Å²) in [6.45, 7) is 7.19. The molecule has 0 saturated heterocycles. The van der Waals surface area contributed by atoms with E-state index in [1.807, 2.05) is 29.5 Å². The maximum Gasteiger partial charge on any atom is 0.138 e. The highest BCUT2D eigenvalue weighted by Crippen LogP contribution is 2.33. The highest BCUT2D eigenvalue weighted by molar-refractivity contribution is 7.10. The fourth-order valence-electron chi connectivity index (χ4n) is 3.70. The van der Waals surface area contributed by atoms with Gasteiger partial charge in [0.15, 0.2) is 0 Å². The number of aryl methyl sites for hydroxylation is 1. The molecule has 4 aromatic rings. The van der Waals surface area contributed by atoms with E-state index in [0.29, 0.717) is 17.5 Å². The fraction of sp³-hybridized carbons (Fsp3) is 0.280. The monoisotopic (exact) mass is 451 g/mol. The van der Waals surface area contributed by atoms with Gasteiger partial charge in [-0.1, -0.05) is 31.5 Å². The first-order valence-electron chi connectivity index (χ1n) is 10.4. The van der Waals surface area contributed by atoms with Crippen molar-refractivity contribution in [1.82, 2.24) is 14.8 Å². The molecule has 4 nitrogen and oxygen atoms in total. The van der Waals surface area contributed by atoms with Gasteiger partial charge in [0.25, 0.3) is 0 Å². The van der Waals surface area contributed by atoms with Gasteiger partial charge in [0, 0.05) is 16.3 Å². The van der Waals surface area contributed by atoms with Crippen molar-refractivity contribution in [3.05, 3.63) is 81.5 Å². The molecule has 160 valence electrons. The van der Waals surface area contributed by atoms with E-state index >= 15 is 0 Å². The molecule has 0 aliphatic carbocycles. The van der Waals surface area contributed by atoms with Crippen LogP contribution in [-0.2, 0) is 12.8 Å². The van der Waals surface area contributed by atoms with Crippen molar-refractivity contribution in [2.45, 2.75) is 33.6 Å². The smallest absolute Gasteiger partial charge is 0.138 e. The Morgan fingerprint density at radius 1 is 1.13 bits per heavy atom. The zero-order valence-corrected chi connectivity index (χ0v) is 19.6. The van der Waals surface area contributed by atoms with Crippen molar-refractivity contribution >= 4 is 22.9 Å². The molecule has 0 amide bonds. The average molecular weight is 452 g/mol. The summed E-state index contributed by atoms with van der Waals surface area (Å²) in [5.41, 5.74) is 5.77. The molecule has 0 unspecified atom stereocenters. The zero-order valence-electron chi connectivity index (χ0n) is 18.0. The lowest BCUT2D eigenvalue weighted by Gasteiger charge is -2.13. The standard InChI is InChI=1S/C25H26ClN3OS/c1-17(2)10-25-23(7-9-31-25)20-11-18(3)12-22(14-20)30-8-6-19-13-21(26)4-5-24(19)29-16-27-15-28-29/h4-5,7,9,11-17H,6,8,10H2,1-3H3. The molecule has 2 heterocycles. The summed E-state index contributed by atoms with van der Waals surface area (Å²) in [5.74, 6) is 1.52. The first-order chi connectivity index (χ1) is 15.0. The van der Waals surface area contributed by atoms with Crippen molar-refractivity contribution in [3.8, 4) is 22.6 Å². The average Bonchev–Trinajstić information content (AvgIpc) is 3.39. The fourth-order valence-corrected chi connectivity index (χ4v) is 5.01. The van der Waals surface area contributed by atoms with Crippen molar-refractivity contribution in [2.24, 2.45) is 5.92 Å². The Morgan fingerprint density at radius 3 is 2.77 bits per heavy atom. The van der Waals surface area contributed by atoms with Crippen LogP contribution in [0.15, 0.2) is 60.5 Å². The van der Waals surface area contributed by atoms with Gasteiger partial charge < -0.3 is 4.74 Å². The second-order valence-corrected chi connectivity index (χ2v) is 9.54. The molecule has 0 saturated carbocycles. The number of halogens is 1. The molecule has 0 spiro atoms. The summed E-state index contributed by atoms with van der Waals surface area (Å²) in [4.78, 5) is 5.48. The van der Waals surface area contributed by atoms with E-state index in [1.165, 1.54) is 27.9 Å². The molecule has 6 heteroatoms. The summed E-state index contributed by atoms with van der Waals surface area (Å²) in [7, 11) is 0. The van der Waals surface area contributed by atoms with E-state index in [9.17, 15) is 0 Å². The SMILES string of the molecule is Cc1cc(OCCc2cc(Cl)ccc2-n2cncn2)cc(-c2ccsc2CC(C)C)c1. The second-order valence-electron chi connectivity index (χ2n) is 8.10. The Hall–Kier alpha value is -2.63. The van der Waals surface area contributed by atoms with Crippen molar-refractivity contribution < 1.29 is 4.74 Å². The second kappa shape index (κ2) is 9.67. The Bertz CT molecular complexity index is 1150. The molecule has 2 aromatic heterocycles. The van der Waals surface area contributed by atoms with Crippen LogP contribution in [0, 0.1) is 12.8 Å². The van der Waals surface area contributed by atoms with Crippen LogP contribution in [0.1, 0.15) is 29.9 Å². The molecule has 0 radical (unpaired) electrons. The van der Waals surface area contributed by atoms with Gasteiger partial charge in [0.1, 0.15) is 18.4 Å². The first-order valence-corrected chi connectivity index (χ1v) is 11.7. The highest BCUT2D eigenvalue weighted by atomic mass is 35.5. The Morgan fingerprint density at radius 2 is 2.00 bits per heavy atom. The summed E-state index contributed by atoms with van der Waals surface area (Å²) >= 11 is 8.07. The van der Waals surface area contributed by atoms with Crippen LogP contribution >= 0.6 is 22.9 Å². The van der Waals surface area contributed by atoms with E-state index in [2.05, 4.69) is 60.5 Å². The zero-order chi connectivity index (χ0) is 21.8. The molecule has 0 fully saturated rings. The quantitative estimate of drug-likeness (QED) is 0.296. The van der Waals surface area contributed by atoms with Crippen molar-refractivity contribution in [3.63, 3.8) is 0 Å². The summed E-state index contributed by atoms with van der Waals surface area (Å²) in [6.07, 6.45) is 5.03. The van der Waals surface area contributed by atoms with E-state index < -0.39 is 0 Å². The van der Waals surface area contributed by atoms with Crippen molar-refractivity contribution in [1.29, 1.82) is 0 Å². The number of rotatable bonds is 8. The van der Waals surface area contributed by atoms with Crippen LogP contribution in [0.3, 0.4) is 0 Å². The predicted molar refractivity (Wildman–Crippen MR) is 129 cm³/mol. The topological polar surface area (TPSA) is 39.9 Å². The molecular weight excluding hydrogens is 426 g/mol. The van der Waals surface area contributed by atoms with E-state index in [-0.39, 0.29) is 0 Å². The van der Waals surface area contributed by atoms with Gasteiger partial charge in [-0.15, -0.1) is 11.3 Å². The molecule has 31 heavy (non-hydrogen) atoms. The van der Waals surface area contributed by atoms with Gasteiger partial charge >= 0.3 is 0 Å². The van der Waals surface area contributed by atoms with Gasteiger partial charge in [-0.05, 0) is 83.3 Å². The van der Waals surface area contributed by atoms with E-state index in [1.54, 1.807) is 11.0 Å². The number of benzene rings is 2. The lowest BCUT2D eigenvalue weighted by Crippen LogP contribution is -2.06. The first kappa shape index (κ1) is 21.6. The molecule has 0 N–H and O–H groups in total. The minimum Gasteiger partial charge on any atom is -0.493 e. The van der Waals surface area contributed by atoms with Crippen molar-refractivity contribution in [2.75, 3.05) is 6.61 Å². The normalized spacial score (nSPS) is 11.3. The minimum atomic E-state index is 0.549. The van der Waals surface area contributed by atoms with E-state index in [4.69, 9.17) is 16.3 Å². The minimum absolute atomic E-state index is 0.549. The molecule has 0 bridgehead atoms. The molecule has 0 aliphatic heterocycles. The van der Waals surface area contributed by atoms with Crippen LogP contribution in [-0.4, -0.2) is 21.4 Å². The van der Waals surface area contributed by atoms with Crippen LogP contribution in [0.2, 0.25) is 5.02 Å². The maximum absolute atomic E-state index is 6.24. The Kier molecular flexibility index (Phi) is 6.73. The highest BCUT2D eigenvalue weighted by Gasteiger charge is 2.11. The number of ether oxygens (including phenoxy) is 1. The Balaban J connectivity index is 1.51. The Labute approximate surface area is 192 Å². The third-order valence-electron chi connectivity index (χ3n) is 5.05. The summed E-state index contributed by atoms with van der Waals surface area (Å²) in [5, 5.41) is 7.13. The third-order valence-corrected chi connectivity index (χ3v) is 6.23. The number of hydrogen-bond acceptors (Lipinski definition) is 4. The van der Waals surface area contributed by atoms with E-state index in [0.717, 1.165) is 29.8 Å². The summed E-state index contributed by atoms with van der Waals surface area (Å²) in [6, 6.07) is 14.5. The number of thiophene rings is 1. The number of aromatic nitrogens is 3. The van der Waals surface area contributed by atoms with Gasteiger partial charge in [0.2, 0.25) is 0 Å². The molecule has 4 rings (SSSR count). The van der Waals surface area contributed by atoms with Crippen LogP contribution in [0.5, 0.6) is 5.75 Å². The van der Waals surface area contributed by atoms with Crippen LogP contribution in [0.25, 0.3) is 16.8 Å². The summed E-state index contributed by atoms with van der Waals surface area (Å²) < 4.78 is 7.93.